The molecular formula is C29H39BO6S. The highest BCUT2D eigenvalue weighted by atomic mass is 32.2. The molecule has 1 unspecified atom stereocenters. The minimum Gasteiger partial charge on any atom is -0.451 e. The van der Waals surface area contributed by atoms with E-state index in [-0.39, 0.29) is 17.7 Å². The van der Waals surface area contributed by atoms with E-state index in [4.69, 9.17) is 23.5 Å². The molecule has 2 bridgehead atoms. The number of carbonyl (C=O) groups is 1. The van der Waals surface area contributed by atoms with E-state index in [2.05, 4.69) is 27.7 Å². The SMILES string of the molecule is CC(Sc1ccc(/C=C\B2O[C@H]3C[C@H]4C[C@H](C4(C)C)[C@]3(C)O2)c2c1C(=O)OC(C)(C)O2)C1CCOCC1. The molecular weight excluding hydrogens is 487 g/mol. The molecule has 6 aliphatic rings. The summed E-state index contributed by atoms with van der Waals surface area (Å²) in [6.45, 7) is 14.4. The third kappa shape index (κ3) is 4.36. The average molecular weight is 527 g/mol. The van der Waals surface area contributed by atoms with E-state index in [0.717, 1.165) is 42.9 Å². The van der Waals surface area contributed by atoms with Crippen molar-refractivity contribution in [3.63, 3.8) is 0 Å². The number of hydrogen-bond donors (Lipinski definition) is 0. The van der Waals surface area contributed by atoms with Crippen molar-refractivity contribution in [3.05, 3.63) is 29.2 Å². The molecule has 37 heavy (non-hydrogen) atoms. The Kier molecular flexibility index (Phi) is 6.30. The quantitative estimate of drug-likeness (QED) is 0.259. The molecule has 6 nitrogen and oxygen atoms in total. The third-order valence-electron chi connectivity index (χ3n) is 9.68. The number of esters is 1. The first-order valence-electron chi connectivity index (χ1n) is 13.8. The maximum atomic E-state index is 13.2. The molecule has 3 aliphatic heterocycles. The molecule has 5 atom stereocenters. The van der Waals surface area contributed by atoms with Crippen molar-refractivity contribution in [2.45, 2.75) is 94.9 Å². The van der Waals surface area contributed by atoms with Gasteiger partial charge in [0.1, 0.15) is 11.3 Å². The lowest BCUT2D eigenvalue weighted by molar-refractivity contribution is -0.199. The van der Waals surface area contributed by atoms with Gasteiger partial charge in [-0.3, -0.25) is 0 Å². The summed E-state index contributed by atoms with van der Waals surface area (Å²) in [6, 6.07) is 4.06. The second-order valence-electron chi connectivity index (χ2n) is 12.7. The predicted molar refractivity (Wildman–Crippen MR) is 145 cm³/mol. The Morgan fingerprint density at radius 3 is 2.57 bits per heavy atom. The van der Waals surface area contributed by atoms with Gasteiger partial charge in [0.15, 0.2) is 0 Å². The standard InChI is InChI=1S/C29H39BO6S/c1-17(18-10-13-32-14-11-18)37-21-8-7-19(25-24(21)26(31)34-28(4,5)33-25)9-12-30-35-23-16-20-15-22(27(20,2)3)29(23,6)36-30/h7-9,12,17-18,20,22-23H,10-11,13-16H2,1-6H3/b12-9-/t17?,20-,22-,23+,29+/m1/s1. The van der Waals surface area contributed by atoms with Crippen molar-refractivity contribution in [1.29, 1.82) is 0 Å². The first kappa shape index (κ1) is 25.8. The van der Waals surface area contributed by atoms with Gasteiger partial charge in [0.2, 0.25) is 5.79 Å². The van der Waals surface area contributed by atoms with Crippen LogP contribution in [0.3, 0.4) is 0 Å². The Hall–Kier alpha value is -1.48. The van der Waals surface area contributed by atoms with Crippen LogP contribution in [0.25, 0.3) is 6.08 Å². The van der Waals surface area contributed by atoms with E-state index in [1.807, 2.05) is 24.2 Å². The maximum Gasteiger partial charge on any atom is 0.486 e. The van der Waals surface area contributed by atoms with Crippen LogP contribution in [0.4, 0.5) is 0 Å². The van der Waals surface area contributed by atoms with Crippen LogP contribution < -0.4 is 4.74 Å². The van der Waals surface area contributed by atoms with Gasteiger partial charge in [-0.2, -0.15) is 0 Å². The first-order valence-corrected chi connectivity index (χ1v) is 14.7. The van der Waals surface area contributed by atoms with Gasteiger partial charge in [0.25, 0.3) is 0 Å². The number of benzene rings is 1. The highest BCUT2D eigenvalue weighted by Crippen LogP contribution is 2.65. The Bertz CT molecular complexity index is 1110. The van der Waals surface area contributed by atoms with Crippen molar-refractivity contribution in [2.24, 2.45) is 23.2 Å². The highest BCUT2D eigenvalue weighted by molar-refractivity contribution is 8.00. The lowest BCUT2D eigenvalue weighted by Gasteiger charge is -2.64. The van der Waals surface area contributed by atoms with Crippen LogP contribution in [0.1, 0.15) is 83.1 Å². The van der Waals surface area contributed by atoms with Crippen LogP contribution in [0, 0.1) is 23.2 Å². The van der Waals surface area contributed by atoms with Gasteiger partial charge in [-0.05, 0) is 61.8 Å². The number of ether oxygens (including phenoxy) is 3. The monoisotopic (exact) mass is 526 g/mol. The molecule has 0 radical (unpaired) electrons. The molecule has 5 fully saturated rings. The second kappa shape index (κ2) is 9.04. The number of fused-ring (bicyclic) bond motifs is 1. The zero-order valence-corrected chi connectivity index (χ0v) is 23.7. The number of hydrogen-bond acceptors (Lipinski definition) is 7. The van der Waals surface area contributed by atoms with Crippen molar-refractivity contribution < 1.29 is 28.3 Å². The Labute approximate surface area is 225 Å². The summed E-state index contributed by atoms with van der Waals surface area (Å²) >= 11 is 1.73. The first-order chi connectivity index (χ1) is 17.5. The topological polar surface area (TPSA) is 63.2 Å². The molecule has 3 saturated carbocycles. The van der Waals surface area contributed by atoms with Gasteiger partial charge in [0.05, 0.1) is 11.7 Å². The van der Waals surface area contributed by atoms with Crippen LogP contribution in [0.5, 0.6) is 5.75 Å². The zero-order valence-electron chi connectivity index (χ0n) is 22.9. The van der Waals surface area contributed by atoms with E-state index < -0.39 is 12.9 Å². The number of rotatable bonds is 5. The predicted octanol–water partition coefficient (Wildman–Crippen LogP) is 6.16. The Morgan fingerprint density at radius 2 is 1.84 bits per heavy atom. The van der Waals surface area contributed by atoms with Crippen molar-refractivity contribution >= 4 is 30.9 Å². The smallest absolute Gasteiger partial charge is 0.451 e. The number of carbonyl (C=O) groups excluding carboxylic acids is 1. The minimum absolute atomic E-state index is 0.128. The Morgan fingerprint density at radius 1 is 1.08 bits per heavy atom. The molecule has 0 spiro atoms. The molecule has 8 heteroatoms. The average Bonchev–Trinajstić information content (AvgIpc) is 3.19. The van der Waals surface area contributed by atoms with E-state index in [0.29, 0.717) is 39.7 Å². The van der Waals surface area contributed by atoms with Crippen molar-refractivity contribution in [3.8, 4) is 5.75 Å². The molecule has 3 aliphatic carbocycles. The van der Waals surface area contributed by atoms with Crippen LogP contribution >= 0.6 is 11.8 Å². The lowest BCUT2D eigenvalue weighted by Crippen LogP contribution is -2.65. The summed E-state index contributed by atoms with van der Waals surface area (Å²) < 4.78 is 30.4. The fourth-order valence-corrected chi connectivity index (χ4v) is 8.60. The molecule has 0 amide bonds. The zero-order chi connectivity index (χ0) is 26.2. The van der Waals surface area contributed by atoms with Gasteiger partial charge >= 0.3 is 13.1 Å². The van der Waals surface area contributed by atoms with E-state index >= 15 is 0 Å². The van der Waals surface area contributed by atoms with Gasteiger partial charge in [0, 0.05) is 42.8 Å². The minimum atomic E-state index is -1.03. The Balaban J connectivity index is 1.25. The van der Waals surface area contributed by atoms with Crippen molar-refractivity contribution in [1.82, 2.24) is 0 Å². The highest BCUT2D eigenvalue weighted by Gasteiger charge is 2.67. The third-order valence-corrected chi connectivity index (χ3v) is 11.0. The second-order valence-corrected chi connectivity index (χ2v) is 14.1. The van der Waals surface area contributed by atoms with Crippen LogP contribution in [-0.4, -0.2) is 49.0 Å². The fourth-order valence-electron chi connectivity index (χ4n) is 7.30. The molecule has 1 aromatic rings. The van der Waals surface area contributed by atoms with Crippen LogP contribution in [0.15, 0.2) is 23.0 Å². The van der Waals surface area contributed by atoms with Crippen LogP contribution in [0.2, 0.25) is 0 Å². The number of cyclic esters (lactones) is 1. The molecule has 0 N–H and O–H groups in total. The molecule has 2 saturated heterocycles. The lowest BCUT2D eigenvalue weighted by atomic mass is 9.43. The van der Waals surface area contributed by atoms with Crippen LogP contribution in [-0.2, 0) is 18.8 Å². The molecule has 0 aromatic heterocycles. The van der Waals surface area contributed by atoms with Gasteiger partial charge in [-0.15, -0.1) is 11.8 Å². The summed E-state index contributed by atoms with van der Waals surface area (Å²) in [5.74, 6) is 2.97. The van der Waals surface area contributed by atoms with E-state index in [1.54, 1.807) is 25.6 Å². The molecule has 7 rings (SSSR count). The summed E-state index contributed by atoms with van der Waals surface area (Å²) in [6.07, 6.45) is 6.48. The van der Waals surface area contributed by atoms with E-state index in [1.165, 1.54) is 6.42 Å². The summed E-state index contributed by atoms with van der Waals surface area (Å²) in [5.41, 5.74) is 1.40. The summed E-state index contributed by atoms with van der Waals surface area (Å²) in [7, 11) is -0.410. The van der Waals surface area contributed by atoms with Gasteiger partial charge in [-0.25, -0.2) is 4.79 Å². The molecule has 200 valence electrons. The largest absolute Gasteiger partial charge is 0.486 e. The molecule has 1 aromatic carbocycles. The molecule has 3 heterocycles. The van der Waals surface area contributed by atoms with Gasteiger partial charge < -0.3 is 23.5 Å². The number of thioether (sulfide) groups is 1. The maximum absolute atomic E-state index is 13.2. The van der Waals surface area contributed by atoms with E-state index in [9.17, 15) is 4.79 Å². The normalized spacial score (nSPS) is 34.8. The summed E-state index contributed by atoms with van der Waals surface area (Å²) in [5, 5.41) is 0.358. The van der Waals surface area contributed by atoms with Crippen molar-refractivity contribution in [2.75, 3.05) is 13.2 Å². The summed E-state index contributed by atoms with van der Waals surface area (Å²) in [4.78, 5) is 14.1. The fraction of sp³-hybridized carbons (Fsp3) is 0.690. The van der Waals surface area contributed by atoms with Gasteiger partial charge in [-0.1, -0.05) is 38.9 Å².